The van der Waals surface area contributed by atoms with Crippen molar-refractivity contribution in [1.82, 2.24) is 24.4 Å². The van der Waals surface area contributed by atoms with Crippen LogP contribution in [0.1, 0.15) is 74.5 Å². The van der Waals surface area contributed by atoms with Crippen LogP contribution < -0.4 is 10.2 Å². The summed E-state index contributed by atoms with van der Waals surface area (Å²) in [7, 11) is 0. The lowest BCUT2D eigenvalue weighted by molar-refractivity contribution is -0.133. The fourth-order valence-corrected chi connectivity index (χ4v) is 5.81. The molecule has 1 amide bonds. The van der Waals surface area contributed by atoms with Gasteiger partial charge in [0.2, 0.25) is 0 Å². The smallest absolute Gasteiger partial charge is 0.284 e. The summed E-state index contributed by atoms with van der Waals surface area (Å²) in [5.41, 5.74) is 0.223. The molecule has 9 nitrogen and oxygen atoms in total. The van der Waals surface area contributed by atoms with Crippen molar-refractivity contribution in [3.8, 4) is 0 Å². The molecular weight excluding hydrogens is 468 g/mol. The molecule has 4 fully saturated rings. The summed E-state index contributed by atoms with van der Waals surface area (Å²) in [5.74, 6) is 1.48. The van der Waals surface area contributed by atoms with Gasteiger partial charge in [0.1, 0.15) is 11.4 Å². The number of nitrogens with zero attached hydrogens (tertiary/aromatic N) is 6. The van der Waals surface area contributed by atoms with E-state index in [1.54, 1.807) is 17.1 Å². The van der Waals surface area contributed by atoms with Gasteiger partial charge in [-0.25, -0.2) is 18.3 Å². The molecule has 11 heteroatoms. The molecule has 3 aromatic heterocycles. The molecule has 4 aliphatic rings. The highest BCUT2D eigenvalue weighted by Crippen LogP contribution is 2.37. The molecular formula is C25H31F2N7O2. The maximum absolute atomic E-state index is 13.8. The van der Waals surface area contributed by atoms with Gasteiger partial charge in [0, 0.05) is 31.9 Å². The lowest BCUT2D eigenvalue weighted by Gasteiger charge is -2.47. The number of aromatic nitrogens is 5. The van der Waals surface area contributed by atoms with Gasteiger partial charge in [0.05, 0.1) is 30.1 Å². The molecule has 1 N–H and O–H groups in total. The first-order valence-corrected chi connectivity index (χ1v) is 12.8. The zero-order chi connectivity index (χ0) is 25.0. The van der Waals surface area contributed by atoms with Gasteiger partial charge < -0.3 is 15.0 Å². The summed E-state index contributed by atoms with van der Waals surface area (Å²) in [6, 6.07) is 1.92. The number of carbonyl (C=O) groups excluding carboxylic acids is 1. The van der Waals surface area contributed by atoms with Gasteiger partial charge in [-0.2, -0.15) is 10.2 Å². The molecule has 1 aliphatic carbocycles. The zero-order valence-electron chi connectivity index (χ0n) is 20.5. The first kappa shape index (κ1) is 23.3. The fraction of sp³-hybridized carbons (Fsp3) is 0.600. The van der Waals surface area contributed by atoms with Crippen molar-refractivity contribution in [2.75, 3.05) is 23.3 Å². The molecule has 2 bridgehead atoms. The Bertz CT molecular complexity index is 1250. The summed E-state index contributed by atoms with van der Waals surface area (Å²) in [5, 5.41) is 11.1. The Kier molecular flexibility index (Phi) is 5.89. The molecule has 3 aromatic rings. The number of amides is 1. The number of morpholine rings is 1. The maximum atomic E-state index is 13.8. The van der Waals surface area contributed by atoms with Crippen LogP contribution in [0.4, 0.5) is 20.3 Å². The van der Waals surface area contributed by atoms with E-state index in [-0.39, 0.29) is 29.5 Å². The summed E-state index contributed by atoms with van der Waals surface area (Å²) in [4.78, 5) is 20.0. The fourth-order valence-electron chi connectivity index (χ4n) is 5.81. The Labute approximate surface area is 207 Å². The van der Waals surface area contributed by atoms with Crippen LogP contribution in [0.3, 0.4) is 0 Å². The lowest BCUT2D eigenvalue weighted by atomic mass is 9.80. The van der Waals surface area contributed by atoms with Crippen molar-refractivity contribution in [3.63, 3.8) is 0 Å². The second-order valence-electron chi connectivity index (χ2n) is 10.6. The molecule has 3 aliphatic heterocycles. The van der Waals surface area contributed by atoms with Crippen molar-refractivity contribution in [2.24, 2.45) is 11.8 Å². The van der Waals surface area contributed by atoms with E-state index in [1.807, 2.05) is 6.07 Å². The average Bonchev–Trinajstić information content (AvgIpc) is 3.48. The SMILES string of the molecule is CC(C)[C@H]1CC[C@H](n2cc(NC(=O)c3cnn4ccc(N5CC6C[C@H](C5)O6)nc34)c(C(F)F)n2)CC1. The van der Waals surface area contributed by atoms with Crippen molar-refractivity contribution >= 4 is 23.1 Å². The predicted octanol–water partition coefficient (Wildman–Crippen LogP) is 4.48. The predicted molar refractivity (Wildman–Crippen MR) is 129 cm³/mol. The van der Waals surface area contributed by atoms with E-state index in [0.29, 0.717) is 17.5 Å². The molecule has 36 heavy (non-hydrogen) atoms. The standard InChI is InChI=1S/C25H31F2N7O2/c1-14(2)15-3-5-16(6-4-15)34-13-20(22(31-34)23(26)27)29-25(35)19-10-28-33-8-7-21(30-24(19)33)32-11-17-9-18(12-32)36-17/h7-8,10,13-18,23H,3-6,9,11-12H2,1-2H3,(H,29,35)/t15-,16-,17-,18?/m1/s1. The second kappa shape index (κ2) is 9.10. The normalized spacial score (nSPS) is 26.0. The summed E-state index contributed by atoms with van der Waals surface area (Å²) >= 11 is 0. The summed E-state index contributed by atoms with van der Waals surface area (Å²) < 4.78 is 36.5. The van der Waals surface area contributed by atoms with Crippen LogP contribution in [0.2, 0.25) is 0 Å². The highest BCUT2D eigenvalue weighted by atomic mass is 19.3. The Morgan fingerprint density at radius 2 is 1.89 bits per heavy atom. The number of hydrogen-bond donors (Lipinski definition) is 1. The summed E-state index contributed by atoms with van der Waals surface area (Å²) in [6.45, 7) is 5.96. The van der Waals surface area contributed by atoms with Gasteiger partial charge in [0.15, 0.2) is 11.3 Å². The number of nitrogens with one attached hydrogen (secondary N) is 1. The van der Waals surface area contributed by atoms with Crippen LogP contribution in [0.15, 0.2) is 24.7 Å². The van der Waals surface area contributed by atoms with Crippen LogP contribution in [0.5, 0.6) is 0 Å². The number of rotatable bonds is 6. The number of carbonyl (C=O) groups is 1. The highest BCUT2D eigenvalue weighted by Gasteiger charge is 2.39. The monoisotopic (exact) mass is 499 g/mol. The van der Waals surface area contributed by atoms with Crippen LogP contribution >= 0.6 is 0 Å². The minimum absolute atomic E-state index is 0.0322. The summed E-state index contributed by atoms with van der Waals surface area (Å²) in [6.07, 6.45) is 7.32. The van der Waals surface area contributed by atoms with E-state index >= 15 is 0 Å². The molecule has 1 unspecified atom stereocenters. The second-order valence-corrected chi connectivity index (χ2v) is 10.6. The molecule has 0 radical (unpaired) electrons. The van der Waals surface area contributed by atoms with Gasteiger partial charge in [-0.15, -0.1) is 0 Å². The van der Waals surface area contributed by atoms with Crippen molar-refractivity contribution in [1.29, 1.82) is 0 Å². The van der Waals surface area contributed by atoms with Crippen molar-refractivity contribution in [2.45, 2.75) is 70.6 Å². The zero-order valence-corrected chi connectivity index (χ0v) is 20.5. The molecule has 1 saturated carbocycles. The van der Waals surface area contributed by atoms with Crippen LogP contribution in [0, 0.1) is 11.8 Å². The van der Waals surface area contributed by atoms with E-state index < -0.39 is 18.0 Å². The highest BCUT2D eigenvalue weighted by molar-refractivity contribution is 6.08. The van der Waals surface area contributed by atoms with E-state index in [9.17, 15) is 13.6 Å². The van der Waals surface area contributed by atoms with E-state index in [1.165, 1.54) is 10.7 Å². The molecule has 6 heterocycles. The number of piperidine rings is 1. The van der Waals surface area contributed by atoms with Gasteiger partial charge >= 0.3 is 0 Å². The topological polar surface area (TPSA) is 89.6 Å². The molecule has 0 spiro atoms. The first-order chi connectivity index (χ1) is 17.4. The number of ether oxygens (including phenoxy) is 1. The van der Waals surface area contributed by atoms with Crippen molar-refractivity contribution < 1.29 is 18.3 Å². The van der Waals surface area contributed by atoms with Crippen LogP contribution in [-0.4, -0.2) is 55.6 Å². The maximum Gasteiger partial charge on any atom is 0.284 e. The average molecular weight is 500 g/mol. The van der Waals surface area contributed by atoms with E-state index in [0.717, 1.165) is 51.0 Å². The minimum Gasteiger partial charge on any atom is -0.371 e. The Morgan fingerprint density at radius 3 is 2.56 bits per heavy atom. The number of anilines is 2. The number of halogens is 2. The number of fused-ring (bicyclic) bond motifs is 3. The third-order valence-corrected chi connectivity index (χ3v) is 7.96. The van der Waals surface area contributed by atoms with E-state index in [2.05, 4.69) is 39.2 Å². The Balaban J connectivity index is 1.22. The van der Waals surface area contributed by atoms with Gasteiger partial charge in [-0.3, -0.25) is 9.48 Å². The Hall–Kier alpha value is -3.08. The lowest BCUT2D eigenvalue weighted by Crippen LogP contribution is -2.57. The van der Waals surface area contributed by atoms with Crippen LogP contribution in [-0.2, 0) is 4.74 Å². The molecule has 3 saturated heterocycles. The van der Waals surface area contributed by atoms with E-state index in [4.69, 9.17) is 4.74 Å². The minimum atomic E-state index is -2.80. The van der Waals surface area contributed by atoms with Gasteiger partial charge in [-0.1, -0.05) is 13.8 Å². The third-order valence-electron chi connectivity index (χ3n) is 7.96. The Morgan fingerprint density at radius 1 is 1.17 bits per heavy atom. The van der Waals surface area contributed by atoms with Crippen molar-refractivity contribution in [3.05, 3.63) is 35.9 Å². The molecule has 2 atom stereocenters. The quantitative estimate of drug-likeness (QED) is 0.538. The first-order valence-electron chi connectivity index (χ1n) is 12.8. The van der Waals surface area contributed by atoms with Gasteiger partial charge in [0.25, 0.3) is 12.3 Å². The largest absolute Gasteiger partial charge is 0.371 e. The number of alkyl halides is 2. The number of hydrogen-bond acceptors (Lipinski definition) is 6. The molecule has 0 aromatic carbocycles. The molecule has 192 valence electrons. The van der Waals surface area contributed by atoms with Crippen LogP contribution in [0.25, 0.3) is 5.65 Å². The van der Waals surface area contributed by atoms with Gasteiger partial charge in [-0.05, 0) is 43.6 Å². The third kappa shape index (κ3) is 4.23. The molecule has 7 rings (SSSR count).